The maximum Gasteiger partial charge on any atom is 0.220 e. The number of methoxy groups -OCH3 is 2. The van der Waals surface area contributed by atoms with Crippen LogP contribution in [0.3, 0.4) is 0 Å². The van der Waals surface area contributed by atoms with E-state index in [1.807, 2.05) is 0 Å². The summed E-state index contributed by atoms with van der Waals surface area (Å²) in [6, 6.07) is 0.140. The summed E-state index contributed by atoms with van der Waals surface area (Å²) in [6.45, 7) is 0.892. The summed E-state index contributed by atoms with van der Waals surface area (Å²) in [5.74, 6) is 0.115. The summed E-state index contributed by atoms with van der Waals surface area (Å²) in [5.41, 5.74) is -0.0133. The monoisotopic (exact) mass is 243 g/mol. The van der Waals surface area contributed by atoms with Crippen LogP contribution < -0.4 is 5.32 Å². The normalized spacial score (nSPS) is 36.7. The molecule has 1 N–H and O–H groups in total. The maximum atomic E-state index is 11.7. The van der Waals surface area contributed by atoms with E-state index in [1.165, 1.54) is 0 Å². The van der Waals surface area contributed by atoms with E-state index in [0.29, 0.717) is 19.8 Å². The first-order valence-electron chi connectivity index (χ1n) is 6.08. The van der Waals surface area contributed by atoms with Crippen molar-refractivity contribution in [1.82, 2.24) is 5.32 Å². The van der Waals surface area contributed by atoms with E-state index in [4.69, 9.17) is 14.2 Å². The molecule has 3 atom stereocenters. The van der Waals surface area contributed by atoms with Crippen LogP contribution in [-0.2, 0) is 19.0 Å². The van der Waals surface area contributed by atoms with Crippen molar-refractivity contribution in [2.24, 2.45) is 5.41 Å². The highest BCUT2D eigenvalue weighted by Crippen LogP contribution is 2.43. The molecule has 2 bridgehead atoms. The van der Waals surface area contributed by atoms with Crippen molar-refractivity contribution >= 4 is 5.91 Å². The second kappa shape index (κ2) is 5.33. The molecule has 1 saturated heterocycles. The van der Waals surface area contributed by atoms with Crippen LogP contribution in [-0.4, -0.2) is 45.7 Å². The number of rotatable bonds is 5. The molecule has 1 aliphatic carbocycles. The Morgan fingerprint density at radius 1 is 1.47 bits per heavy atom. The Kier molecular flexibility index (Phi) is 4.01. The highest BCUT2D eigenvalue weighted by molar-refractivity contribution is 5.78. The molecule has 1 heterocycles. The van der Waals surface area contributed by atoms with E-state index in [9.17, 15) is 4.79 Å². The highest BCUT2D eigenvalue weighted by Gasteiger charge is 2.46. The van der Waals surface area contributed by atoms with Gasteiger partial charge in [-0.3, -0.25) is 4.79 Å². The van der Waals surface area contributed by atoms with Crippen LogP contribution in [0.25, 0.3) is 0 Å². The first-order chi connectivity index (χ1) is 8.19. The summed E-state index contributed by atoms with van der Waals surface area (Å²) in [4.78, 5) is 11.7. The third kappa shape index (κ3) is 2.78. The van der Waals surface area contributed by atoms with Gasteiger partial charge in [0.25, 0.3) is 0 Å². The average molecular weight is 243 g/mol. The Morgan fingerprint density at radius 3 is 3.00 bits per heavy atom. The Morgan fingerprint density at radius 2 is 2.29 bits per heavy atom. The molecule has 98 valence electrons. The van der Waals surface area contributed by atoms with Crippen molar-refractivity contribution in [3.05, 3.63) is 0 Å². The van der Waals surface area contributed by atoms with Gasteiger partial charge in [-0.2, -0.15) is 0 Å². The van der Waals surface area contributed by atoms with Gasteiger partial charge >= 0.3 is 0 Å². The second-order valence-corrected chi connectivity index (χ2v) is 5.12. The summed E-state index contributed by atoms with van der Waals surface area (Å²) >= 11 is 0. The molecule has 1 saturated carbocycles. The molecule has 0 aromatic heterocycles. The molecule has 0 spiro atoms. The lowest BCUT2D eigenvalue weighted by Crippen LogP contribution is -2.57. The van der Waals surface area contributed by atoms with E-state index >= 15 is 0 Å². The van der Waals surface area contributed by atoms with Gasteiger partial charge in [-0.25, -0.2) is 0 Å². The summed E-state index contributed by atoms with van der Waals surface area (Å²) in [7, 11) is 3.32. The lowest BCUT2D eigenvalue weighted by Gasteiger charge is -2.47. The van der Waals surface area contributed by atoms with Gasteiger partial charge in [0.1, 0.15) is 6.79 Å². The lowest BCUT2D eigenvalue weighted by molar-refractivity contribution is -0.142. The molecule has 0 aromatic rings. The maximum absolute atomic E-state index is 11.7. The number of piperidine rings is 1. The van der Waals surface area contributed by atoms with Crippen molar-refractivity contribution in [3.63, 3.8) is 0 Å². The van der Waals surface area contributed by atoms with E-state index in [-0.39, 0.29) is 23.5 Å². The van der Waals surface area contributed by atoms with Gasteiger partial charge in [0, 0.05) is 26.1 Å². The Hall–Kier alpha value is -0.650. The van der Waals surface area contributed by atoms with Crippen LogP contribution in [0.5, 0.6) is 0 Å². The van der Waals surface area contributed by atoms with Crippen LogP contribution in [0.1, 0.15) is 25.7 Å². The molecule has 2 aliphatic rings. The van der Waals surface area contributed by atoms with E-state index in [0.717, 1.165) is 19.3 Å². The van der Waals surface area contributed by atoms with Crippen molar-refractivity contribution in [3.8, 4) is 0 Å². The zero-order chi connectivity index (χ0) is 12.3. The first-order valence-corrected chi connectivity index (χ1v) is 6.08. The molecule has 2 rings (SSSR count). The van der Waals surface area contributed by atoms with Gasteiger partial charge in [0.15, 0.2) is 0 Å². The van der Waals surface area contributed by atoms with Gasteiger partial charge in [0.05, 0.1) is 18.8 Å². The Balaban J connectivity index is 1.99. The fourth-order valence-corrected chi connectivity index (χ4v) is 3.06. The average Bonchev–Trinajstić information content (AvgIpc) is 2.29. The molecule has 1 aliphatic heterocycles. The lowest BCUT2D eigenvalue weighted by atomic mass is 9.67. The summed E-state index contributed by atoms with van der Waals surface area (Å²) in [5, 5.41) is 3.01. The predicted molar refractivity (Wildman–Crippen MR) is 61.5 cm³/mol. The van der Waals surface area contributed by atoms with Crippen LogP contribution in [0.2, 0.25) is 0 Å². The van der Waals surface area contributed by atoms with Crippen molar-refractivity contribution in [2.75, 3.05) is 27.6 Å². The van der Waals surface area contributed by atoms with E-state index in [1.54, 1.807) is 14.2 Å². The number of fused-ring (bicyclic) bond motifs is 2. The minimum atomic E-state index is -0.0133. The predicted octanol–water partition coefficient (Wildman–Crippen LogP) is 0.681. The van der Waals surface area contributed by atoms with E-state index < -0.39 is 0 Å². The molecule has 5 nitrogen and oxygen atoms in total. The molecule has 0 unspecified atom stereocenters. The molecular weight excluding hydrogens is 222 g/mol. The molecule has 5 heteroatoms. The van der Waals surface area contributed by atoms with Gasteiger partial charge in [-0.15, -0.1) is 0 Å². The molecule has 1 amide bonds. The van der Waals surface area contributed by atoms with Crippen molar-refractivity contribution in [2.45, 2.75) is 37.8 Å². The highest BCUT2D eigenvalue weighted by atomic mass is 16.7. The van der Waals surface area contributed by atoms with Crippen LogP contribution >= 0.6 is 0 Å². The SMILES string of the molecule is COCOC[C@]12CC[C@H](OC)[C@H](C1)NC(=O)C2. The Bertz CT molecular complexity index is 280. The summed E-state index contributed by atoms with van der Waals surface area (Å²) < 4.78 is 15.8. The minimum absolute atomic E-state index is 0.0133. The molecular formula is C12H21NO4. The van der Waals surface area contributed by atoms with Gasteiger partial charge in [-0.1, -0.05) is 0 Å². The number of hydrogen-bond acceptors (Lipinski definition) is 4. The number of carbonyl (C=O) groups excluding carboxylic acids is 1. The van der Waals surface area contributed by atoms with Crippen LogP contribution in [0.15, 0.2) is 0 Å². The van der Waals surface area contributed by atoms with Gasteiger partial charge in [-0.05, 0) is 19.3 Å². The number of hydrogen-bond donors (Lipinski definition) is 1. The largest absolute Gasteiger partial charge is 0.379 e. The van der Waals surface area contributed by atoms with Crippen molar-refractivity contribution in [1.29, 1.82) is 0 Å². The fourth-order valence-electron chi connectivity index (χ4n) is 3.06. The first kappa shape index (κ1) is 12.8. The van der Waals surface area contributed by atoms with Crippen molar-refractivity contribution < 1.29 is 19.0 Å². The van der Waals surface area contributed by atoms with Gasteiger partial charge < -0.3 is 19.5 Å². The Labute approximate surface area is 102 Å². The smallest absolute Gasteiger partial charge is 0.220 e. The number of amides is 1. The number of ether oxygens (including phenoxy) is 3. The zero-order valence-corrected chi connectivity index (χ0v) is 10.5. The van der Waals surface area contributed by atoms with Crippen LogP contribution in [0, 0.1) is 5.41 Å². The third-order valence-electron chi connectivity index (χ3n) is 3.86. The minimum Gasteiger partial charge on any atom is -0.379 e. The fraction of sp³-hybridized carbons (Fsp3) is 0.917. The second-order valence-electron chi connectivity index (χ2n) is 5.12. The quantitative estimate of drug-likeness (QED) is 0.570. The van der Waals surface area contributed by atoms with E-state index in [2.05, 4.69) is 5.32 Å². The standard InChI is InChI=1S/C12H21NO4/c1-15-8-17-7-12-4-3-10(16-2)9(5-12)13-11(14)6-12/h9-10H,3-8H2,1-2H3,(H,13,14)/t9-,10-,12+/m0/s1. The van der Waals surface area contributed by atoms with Crippen LogP contribution in [0.4, 0.5) is 0 Å². The molecule has 17 heavy (non-hydrogen) atoms. The topological polar surface area (TPSA) is 56.8 Å². The van der Waals surface area contributed by atoms with Gasteiger partial charge in [0.2, 0.25) is 5.91 Å². The third-order valence-corrected chi connectivity index (χ3v) is 3.86. The zero-order valence-electron chi connectivity index (χ0n) is 10.5. The molecule has 2 fully saturated rings. The summed E-state index contributed by atoms with van der Waals surface area (Å²) in [6.07, 6.45) is 3.62. The molecule has 0 aromatic carbocycles. The molecule has 0 radical (unpaired) electrons. The number of carbonyl (C=O) groups is 1. The number of nitrogens with one attached hydrogen (secondary N) is 1.